The number of likely N-dealkylation sites (tertiary alicyclic amines) is 1. The van der Waals surface area contributed by atoms with Gasteiger partial charge in [-0.2, -0.15) is 0 Å². The first kappa shape index (κ1) is 19.6. The zero-order valence-corrected chi connectivity index (χ0v) is 15.7. The number of nitrogens with one attached hydrogen (secondary N) is 2. The molecule has 0 aliphatic carbocycles. The number of nitrogens with two attached hydrogens (primary N) is 1. The van der Waals surface area contributed by atoms with E-state index in [2.05, 4.69) is 10.6 Å². The standard InChI is InChI=1S/C20H24N4O4/c1-22-19(26)14-5-2-4-13(8-14)10-23-16-6-3-7-24(11-16)20(27)15-9-17(18(21)25)28-12-15/h2,4-5,8-9,12,16,23H,3,6-7,10-11H2,1H3,(H2,21,25)(H,22,26). The summed E-state index contributed by atoms with van der Waals surface area (Å²) in [6, 6.07) is 8.97. The molecule has 8 heteroatoms. The summed E-state index contributed by atoms with van der Waals surface area (Å²) in [6.07, 6.45) is 3.10. The van der Waals surface area contributed by atoms with E-state index in [1.165, 1.54) is 12.3 Å². The highest BCUT2D eigenvalue weighted by Gasteiger charge is 2.25. The first-order valence-electron chi connectivity index (χ1n) is 9.20. The Kier molecular flexibility index (Phi) is 6.10. The molecule has 0 spiro atoms. The lowest BCUT2D eigenvalue weighted by molar-refractivity contribution is 0.0693. The van der Waals surface area contributed by atoms with Gasteiger partial charge < -0.3 is 25.7 Å². The van der Waals surface area contributed by atoms with Gasteiger partial charge in [-0.15, -0.1) is 0 Å². The minimum Gasteiger partial charge on any atom is -0.458 e. The van der Waals surface area contributed by atoms with Crippen LogP contribution in [0.2, 0.25) is 0 Å². The number of hydrogen-bond acceptors (Lipinski definition) is 5. The molecule has 1 atom stereocenters. The van der Waals surface area contributed by atoms with Gasteiger partial charge in [0.05, 0.1) is 5.56 Å². The molecule has 4 N–H and O–H groups in total. The zero-order chi connectivity index (χ0) is 20.1. The van der Waals surface area contributed by atoms with E-state index in [0.717, 1.165) is 18.4 Å². The highest BCUT2D eigenvalue weighted by Crippen LogP contribution is 2.16. The molecule has 1 fully saturated rings. The van der Waals surface area contributed by atoms with E-state index in [9.17, 15) is 14.4 Å². The Morgan fingerprint density at radius 3 is 2.79 bits per heavy atom. The van der Waals surface area contributed by atoms with Gasteiger partial charge in [0.2, 0.25) is 0 Å². The molecular formula is C20H24N4O4. The van der Waals surface area contributed by atoms with E-state index in [1.807, 2.05) is 18.2 Å². The maximum absolute atomic E-state index is 12.6. The molecule has 1 aliphatic heterocycles. The second-order valence-corrected chi connectivity index (χ2v) is 6.81. The molecule has 1 aromatic heterocycles. The number of nitrogens with zero attached hydrogens (tertiary/aromatic N) is 1. The quantitative estimate of drug-likeness (QED) is 0.690. The van der Waals surface area contributed by atoms with Crippen molar-refractivity contribution in [2.75, 3.05) is 20.1 Å². The van der Waals surface area contributed by atoms with E-state index in [0.29, 0.717) is 30.8 Å². The minimum absolute atomic E-state index is 0.0222. The average Bonchev–Trinajstić information content (AvgIpc) is 3.22. The number of furan rings is 1. The summed E-state index contributed by atoms with van der Waals surface area (Å²) in [5.74, 6) is -1.02. The molecule has 3 rings (SSSR count). The fourth-order valence-corrected chi connectivity index (χ4v) is 3.32. The van der Waals surface area contributed by atoms with Crippen molar-refractivity contribution < 1.29 is 18.8 Å². The summed E-state index contributed by atoms with van der Waals surface area (Å²) < 4.78 is 5.04. The van der Waals surface area contributed by atoms with E-state index >= 15 is 0 Å². The molecule has 1 unspecified atom stereocenters. The lowest BCUT2D eigenvalue weighted by atomic mass is 10.0. The monoisotopic (exact) mass is 384 g/mol. The van der Waals surface area contributed by atoms with Crippen LogP contribution in [-0.4, -0.2) is 48.8 Å². The third-order valence-corrected chi connectivity index (χ3v) is 4.81. The van der Waals surface area contributed by atoms with Crippen molar-refractivity contribution in [2.45, 2.75) is 25.4 Å². The topological polar surface area (TPSA) is 118 Å². The normalized spacial score (nSPS) is 16.6. The number of benzene rings is 1. The molecule has 0 bridgehead atoms. The number of hydrogen-bond donors (Lipinski definition) is 3. The predicted octanol–water partition coefficient (Wildman–Crippen LogP) is 1.13. The number of piperidine rings is 1. The summed E-state index contributed by atoms with van der Waals surface area (Å²) in [5.41, 5.74) is 7.12. The number of primary amides is 1. The van der Waals surface area contributed by atoms with E-state index < -0.39 is 5.91 Å². The predicted molar refractivity (Wildman–Crippen MR) is 103 cm³/mol. The number of rotatable bonds is 6. The molecule has 28 heavy (non-hydrogen) atoms. The zero-order valence-electron chi connectivity index (χ0n) is 15.7. The Bertz CT molecular complexity index is 877. The van der Waals surface area contributed by atoms with Crippen molar-refractivity contribution >= 4 is 17.7 Å². The lowest BCUT2D eigenvalue weighted by Gasteiger charge is -2.33. The van der Waals surface area contributed by atoms with Gasteiger partial charge >= 0.3 is 0 Å². The van der Waals surface area contributed by atoms with Crippen molar-refractivity contribution in [3.8, 4) is 0 Å². The molecule has 1 aliphatic rings. The van der Waals surface area contributed by atoms with Crippen LogP contribution >= 0.6 is 0 Å². The Balaban J connectivity index is 1.58. The second kappa shape index (κ2) is 8.71. The largest absolute Gasteiger partial charge is 0.458 e. The number of amides is 3. The fraction of sp³-hybridized carbons (Fsp3) is 0.350. The fourth-order valence-electron chi connectivity index (χ4n) is 3.32. The van der Waals surface area contributed by atoms with Crippen LogP contribution in [0.25, 0.3) is 0 Å². The van der Waals surface area contributed by atoms with Crippen LogP contribution in [0.5, 0.6) is 0 Å². The molecule has 0 radical (unpaired) electrons. The van der Waals surface area contributed by atoms with Crippen LogP contribution < -0.4 is 16.4 Å². The summed E-state index contributed by atoms with van der Waals surface area (Å²) in [5, 5.41) is 6.08. The average molecular weight is 384 g/mol. The Labute approximate surface area is 163 Å². The molecular weight excluding hydrogens is 360 g/mol. The van der Waals surface area contributed by atoms with Gasteiger partial charge in [0.15, 0.2) is 5.76 Å². The van der Waals surface area contributed by atoms with Gasteiger partial charge in [-0.05, 0) is 30.5 Å². The number of carbonyl (C=O) groups excluding carboxylic acids is 3. The van der Waals surface area contributed by atoms with Gasteiger partial charge in [0.1, 0.15) is 6.26 Å². The molecule has 8 nitrogen and oxygen atoms in total. The van der Waals surface area contributed by atoms with Crippen LogP contribution in [0.1, 0.15) is 49.7 Å². The molecule has 3 amide bonds. The summed E-state index contributed by atoms with van der Waals surface area (Å²) in [4.78, 5) is 37.3. The smallest absolute Gasteiger partial charge is 0.284 e. The molecule has 0 saturated carbocycles. The van der Waals surface area contributed by atoms with Gasteiger partial charge in [-0.3, -0.25) is 14.4 Å². The Morgan fingerprint density at radius 1 is 1.25 bits per heavy atom. The van der Waals surface area contributed by atoms with Gasteiger partial charge in [0.25, 0.3) is 17.7 Å². The van der Waals surface area contributed by atoms with Gasteiger partial charge in [0, 0.05) is 44.4 Å². The lowest BCUT2D eigenvalue weighted by Crippen LogP contribution is -2.47. The third-order valence-electron chi connectivity index (χ3n) is 4.81. The highest BCUT2D eigenvalue weighted by atomic mass is 16.3. The van der Waals surface area contributed by atoms with Crippen LogP contribution in [0.15, 0.2) is 41.0 Å². The second-order valence-electron chi connectivity index (χ2n) is 6.81. The minimum atomic E-state index is -0.698. The maximum Gasteiger partial charge on any atom is 0.284 e. The summed E-state index contributed by atoms with van der Waals surface area (Å²) in [6.45, 7) is 1.82. The molecule has 1 aromatic carbocycles. The van der Waals surface area contributed by atoms with Crippen molar-refractivity contribution in [3.05, 3.63) is 59.0 Å². The van der Waals surface area contributed by atoms with Crippen molar-refractivity contribution in [2.24, 2.45) is 5.73 Å². The van der Waals surface area contributed by atoms with Gasteiger partial charge in [-0.25, -0.2) is 0 Å². The van der Waals surface area contributed by atoms with Crippen molar-refractivity contribution in [1.82, 2.24) is 15.5 Å². The van der Waals surface area contributed by atoms with E-state index in [1.54, 1.807) is 18.0 Å². The first-order valence-corrected chi connectivity index (χ1v) is 9.20. The van der Waals surface area contributed by atoms with Crippen LogP contribution in [0.3, 0.4) is 0 Å². The summed E-state index contributed by atoms with van der Waals surface area (Å²) in [7, 11) is 1.60. The molecule has 148 valence electrons. The molecule has 1 saturated heterocycles. The molecule has 2 aromatic rings. The first-order chi connectivity index (χ1) is 13.5. The third kappa shape index (κ3) is 4.58. The van der Waals surface area contributed by atoms with Gasteiger partial charge in [-0.1, -0.05) is 12.1 Å². The highest BCUT2D eigenvalue weighted by molar-refractivity contribution is 5.98. The number of carbonyl (C=O) groups is 3. The van der Waals surface area contributed by atoms with E-state index in [4.69, 9.17) is 10.2 Å². The SMILES string of the molecule is CNC(=O)c1cccc(CNC2CCCN(C(=O)c3coc(C(N)=O)c3)C2)c1. The van der Waals surface area contributed by atoms with Crippen LogP contribution in [0, 0.1) is 0 Å². The summed E-state index contributed by atoms with van der Waals surface area (Å²) >= 11 is 0. The van der Waals surface area contributed by atoms with Crippen LogP contribution in [0.4, 0.5) is 0 Å². The van der Waals surface area contributed by atoms with Crippen molar-refractivity contribution in [3.63, 3.8) is 0 Å². The Morgan fingerprint density at radius 2 is 2.07 bits per heavy atom. The Hall–Kier alpha value is -3.13. The van der Waals surface area contributed by atoms with Crippen LogP contribution in [-0.2, 0) is 6.54 Å². The van der Waals surface area contributed by atoms with E-state index in [-0.39, 0.29) is 23.6 Å². The molecule has 2 heterocycles. The maximum atomic E-state index is 12.6. The van der Waals surface area contributed by atoms with Crippen molar-refractivity contribution in [1.29, 1.82) is 0 Å².